The van der Waals surface area contributed by atoms with Crippen molar-refractivity contribution in [2.75, 3.05) is 11.9 Å². The summed E-state index contributed by atoms with van der Waals surface area (Å²) in [6, 6.07) is 7.18. The molecule has 4 nitrogen and oxygen atoms in total. The number of ether oxygens (including phenoxy) is 1. The van der Waals surface area contributed by atoms with E-state index in [0.29, 0.717) is 12.3 Å². The highest BCUT2D eigenvalue weighted by Crippen LogP contribution is 2.32. The Morgan fingerprint density at radius 3 is 2.14 bits per heavy atom. The van der Waals surface area contributed by atoms with Crippen LogP contribution in [0.15, 0.2) is 24.3 Å². The van der Waals surface area contributed by atoms with Gasteiger partial charge in [-0.15, -0.1) is 0 Å². The Hall–Kier alpha value is -0.840. The van der Waals surface area contributed by atoms with Gasteiger partial charge in [0, 0.05) is 11.1 Å². The molecule has 0 aromatic heterocycles. The SMILES string of the molecule is CCOc1ccc(N[C@@H](NC(=O)C(C)(C)C)C(Cl)(Cl)Cl)cc1. The van der Waals surface area contributed by atoms with Gasteiger partial charge in [0.25, 0.3) is 0 Å². The fraction of sp³-hybridized carbons (Fsp3) is 0.533. The monoisotopic (exact) mass is 366 g/mol. The predicted octanol–water partition coefficient (Wildman–Crippen LogP) is 4.36. The molecule has 2 N–H and O–H groups in total. The number of alkyl halides is 3. The molecule has 1 atom stereocenters. The molecule has 0 aliphatic carbocycles. The summed E-state index contributed by atoms with van der Waals surface area (Å²) in [6.07, 6.45) is -0.859. The molecule has 0 saturated heterocycles. The lowest BCUT2D eigenvalue weighted by atomic mass is 9.95. The molecule has 0 radical (unpaired) electrons. The molecular weight excluding hydrogens is 347 g/mol. The quantitative estimate of drug-likeness (QED) is 0.600. The highest BCUT2D eigenvalue weighted by atomic mass is 35.6. The standard InChI is InChI=1S/C15H21Cl3N2O2/c1-5-22-11-8-6-10(7-9-11)19-12(15(16,17)18)20-13(21)14(2,3)4/h6-9,12,19H,5H2,1-4H3,(H,20,21)/t12-/m0/s1. The molecule has 0 bridgehead atoms. The van der Waals surface area contributed by atoms with Crippen LogP contribution >= 0.6 is 34.8 Å². The van der Waals surface area contributed by atoms with Gasteiger partial charge in [0.2, 0.25) is 9.70 Å². The summed E-state index contributed by atoms with van der Waals surface area (Å²) in [5, 5.41) is 5.72. The molecule has 1 aromatic rings. The van der Waals surface area contributed by atoms with Crippen molar-refractivity contribution in [1.29, 1.82) is 0 Å². The highest BCUT2D eigenvalue weighted by molar-refractivity contribution is 6.68. The molecule has 1 aromatic carbocycles. The van der Waals surface area contributed by atoms with Gasteiger partial charge >= 0.3 is 0 Å². The van der Waals surface area contributed by atoms with Crippen LogP contribution < -0.4 is 15.4 Å². The number of benzene rings is 1. The van der Waals surface area contributed by atoms with Crippen LogP contribution in [0.2, 0.25) is 0 Å². The van der Waals surface area contributed by atoms with E-state index in [1.54, 1.807) is 45.0 Å². The summed E-state index contributed by atoms with van der Waals surface area (Å²) >= 11 is 17.9. The zero-order valence-corrected chi connectivity index (χ0v) is 15.3. The first-order valence-electron chi connectivity index (χ1n) is 6.91. The fourth-order valence-corrected chi connectivity index (χ4v) is 1.86. The van der Waals surface area contributed by atoms with Crippen molar-refractivity contribution in [2.24, 2.45) is 5.41 Å². The van der Waals surface area contributed by atoms with Crippen LogP contribution in [0.3, 0.4) is 0 Å². The third kappa shape index (κ3) is 6.11. The van der Waals surface area contributed by atoms with Crippen LogP contribution in [0.5, 0.6) is 5.75 Å². The first-order chi connectivity index (χ1) is 10.0. The largest absolute Gasteiger partial charge is 0.494 e. The van der Waals surface area contributed by atoms with E-state index in [-0.39, 0.29) is 5.91 Å². The second-order valence-corrected chi connectivity index (χ2v) is 8.17. The second kappa shape index (κ2) is 7.62. The molecule has 1 rings (SSSR count). The molecule has 124 valence electrons. The van der Waals surface area contributed by atoms with Crippen molar-refractivity contribution in [3.8, 4) is 5.75 Å². The van der Waals surface area contributed by atoms with Gasteiger partial charge in [-0.25, -0.2) is 0 Å². The van der Waals surface area contributed by atoms with Gasteiger partial charge in [-0.3, -0.25) is 4.79 Å². The summed E-state index contributed by atoms with van der Waals surface area (Å²) < 4.78 is 3.67. The predicted molar refractivity (Wildman–Crippen MR) is 92.9 cm³/mol. The number of hydrogen-bond acceptors (Lipinski definition) is 3. The average Bonchev–Trinajstić information content (AvgIpc) is 2.38. The zero-order valence-electron chi connectivity index (χ0n) is 13.0. The summed E-state index contributed by atoms with van der Waals surface area (Å²) in [6.45, 7) is 7.86. The van der Waals surface area contributed by atoms with Crippen LogP contribution in [0, 0.1) is 5.41 Å². The summed E-state index contributed by atoms with van der Waals surface area (Å²) in [5.74, 6) is 0.527. The van der Waals surface area contributed by atoms with Gasteiger partial charge in [-0.1, -0.05) is 55.6 Å². The van der Waals surface area contributed by atoms with E-state index >= 15 is 0 Å². The molecule has 0 fully saturated rings. The maximum absolute atomic E-state index is 12.1. The number of amides is 1. The minimum Gasteiger partial charge on any atom is -0.494 e. The molecule has 0 heterocycles. The maximum atomic E-state index is 12.1. The molecule has 0 aliphatic rings. The Morgan fingerprint density at radius 2 is 1.73 bits per heavy atom. The number of anilines is 1. The van der Waals surface area contributed by atoms with Gasteiger partial charge in [-0.05, 0) is 31.2 Å². The van der Waals surface area contributed by atoms with Gasteiger partial charge in [0.1, 0.15) is 11.9 Å². The van der Waals surface area contributed by atoms with Crippen LogP contribution in [-0.4, -0.2) is 22.5 Å². The average molecular weight is 368 g/mol. The van der Waals surface area contributed by atoms with Crippen molar-refractivity contribution in [3.05, 3.63) is 24.3 Å². The molecular formula is C15H21Cl3N2O2. The van der Waals surface area contributed by atoms with Crippen LogP contribution in [0.4, 0.5) is 5.69 Å². The number of halogens is 3. The molecule has 0 aliphatic heterocycles. The van der Waals surface area contributed by atoms with E-state index in [1.807, 2.05) is 6.92 Å². The molecule has 22 heavy (non-hydrogen) atoms. The third-order valence-corrected chi connectivity index (χ3v) is 3.41. The minimum atomic E-state index is -1.69. The first kappa shape index (κ1) is 19.2. The normalized spacial score (nSPS) is 13.4. The lowest BCUT2D eigenvalue weighted by Crippen LogP contribution is -2.52. The van der Waals surface area contributed by atoms with Crippen LogP contribution in [0.25, 0.3) is 0 Å². The molecule has 0 spiro atoms. The molecule has 1 amide bonds. The zero-order chi connectivity index (χ0) is 17.0. The number of rotatable bonds is 5. The minimum absolute atomic E-state index is 0.220. The van der Waals surface area contributed by atoms with Crippen molar-refractivity contribution in [2.45, 2.75) is 37.7 Å². The van der Waals surface area contributed by atoms with Gasteiger partial charge in [-0.2, -0.15) is 0 Å². The van der Waals surface area contributed by atoms with Crippen LogP contribution in [0.1, 0.15) is 27.7 Å². The molecule has 7 heteroatoms. The van der Waals surface area contributed by atoms with Gasteiger partial charge in [0.15, 0.2) is 0 Å². The van der Waals surface area contributed by atoms with Crippen molar-refractivity contribution in [1.82, 2.24) is 5.32 Å². The van der Waals surface area contributed by atoms with E-state index < -0.39 is 15.4 Å². The second-order valence-electron chi connectivity index (χ2n) is 5.80. The van der Waals surface area contributed by atoms with E-state index in [9.17, 15) is 4.79 Å². The Bertz CT molecular complexity index is 493. The lowest BCUT2D eigenvalue weighted by molar-refractivity contribution is -0.129. The van der Waals surface area contributed by atoms with E-state index in [0.717, 1.165) is 5.75 Å². The summed E-state index contributed by atoms with van der Waals surface area (Å²) in [7, 11) is 0. The number of carbonyl (C=O) groups excluding carboxylic acids is 1. The summed E-state index contributed by atoms with van der Waals surface area (Å²) in [4.78, 5) is 12.1. The third-order valence-electron chi connectivity index (χ3n) is 2.76. The Labute approximate surface area is 146 Å². The van der Waals surface area contributed by atoms with Crippen molar-refractivity contribution < 1.29 is 9.53 Å². The fourth-order valence-electron chi connectivity index (χ4n) is 1.53. The Balaban J connectivity index is 2.84. The topological polar surface area (TPSA) is 50.4 Å². The smallest absolute Gasteiger partial charge is 0.228 e. The maximum Gasteiger partial charge on any atom is 0.228 e. The molecule has 0 unspecified atom stereocenters. The molecule has 0 saturated carbocycles. The number of hydrogen-bond donors (Lipinski definition) is 2. The van der Waals surface area contributed by atoms with Gasteiger partial charge in [0.05, 0.1) is 6.61 Å². The Kier molecular flexibility index (Phi) is 6.65. The van der Waals surface area contributed by atoms with Crippen molar-refractivity contribution >= 4 is 46.4 Å². The number of nitrogens with one attached hydrogen (secondary N) is 2. The first-order valence-corrected chi connectivity index (χ1v) is 8.04. The van der Waals surface area contributed by atoms with Crippen LogP contribution in [-0.2, 0) is 4.79 Å². The summed E-state index contributed by atoms with van der Waals surface area (Å²) in [5.41, 5.74) is 0.114. The van der Waals surface area contributed by atoms with Gasteiger partial charge < -0.3 is 15.4 Å². The number of carbonyl (C=O) groups is 1. The lowest BCUT2D eigenvalue weighted by Gasteiger charge is -2.30. The highest BCUT2D eigenvalue weighted by Gasteiger charge is 2.36. The van der Waals surface area contributed by atoms with E-state index in [2.05, 4.69) is 10.6 Å². The van der Waals surface area contributed by atoms with E-state index in [4.69, 9.17) is 39.5 Å². The van der Waals surface area contributed by atoms with Crippen molar-refractivity contribution in [3.63, 3.8) is 0 Å². The Morgan fingerprint density at radius 1 is 1.18 bits per heavy atom. The van der Waals surface area contributed by atoms with E-state index in [1.165, 1.54) is 0 Å².